The fraction of sp³-hybridized carbons (Fsp3) is 1.00. The van der Waals surface area contributed by atoms with E-state index in [1.165, 1.54) is 0 Å². The first kappa shape index (κ1) is 41.5. The van der Waals surface area contributed by atoms with Crippen LogP contribution in [-0.2, 0) is 75.8 Å². The lowest BCUT2D eigenvalue weighted by Crippen LogP contribution is -2.66. The van der Waals surface area contributed by atoms with Crippen LogP contribution in [0.15, 0.2) is 0 Å². The predicted molar refractivity (Wildman–Crippen MR) is 161 cm³/mol. The second-order valence-electron chi connectivity index (χ2n) is 10.9. The number of hydrogen-bond acceptors (Lipinski definition) is 16. The molecule has 0 spiro atoms. The summed E-state index contributed by atoms with van der Waals surface area (Å²) in [5.74, 6) is 0. The maximum Gasteiger partial charge on any atom is 0.187 e. The van der Waals surface area contributed by atoms with E-state index in [0.717, 1.165) is 0 Å². The van der Waals surface area contributed by atoms with E-state index in [2.05, 4.69) is 0 Å². The summed E-state index contributed by atoms with van der Waals surface area (Å²) >= 11 is 0. The Bertz CT molecular complexity index is 781. The molecule has 2 fully saturated rings. The lowest BCUT2D eigenvalue weighted by molar-refractivity contribution is -0.382. The van der Waals surface area contributed by atoms with Gasteiger partial charge in [0.1, 0.15) is 73.2 Å². The third-order valence-corrected chi connectivity index (χ3v) is 8.37. The van der Waals surface area contributed by atoms with E-state index >= 15 is 0 Å². The van der Waals surface area contributed by atoms with Crippen LogP contribution in [0.3, 0.4) is 0 Å². The number of rotatable bonds is 23. The van der Waals surface area contributed by atoms with E-state index in [9.17, 15) is 0 Å². The van der Waals surface area contributed by atoms with E-state index in [4.69, 9.17) is 75.8 Å². The second-order valence-corrected chi connectivity index (χ2v) is 10.9. The van der Waals surface area contributed by atoms with E-state index in [-0.39, 0.29) is 26.4 Å². The summed E-state index contributed by atoms with van der Waals surface area (Å²) in [6, 6.07) is 0. The largest absolute Gasteiger partial charge is 0.382 e. The van der Waals surface area contributed by atoms with Crippen LogP contribution >= 0.6 is 0 Å². The lowest BCUT2D eigenvalue weighted by atomic mass is 9.96. The molecule has 0 N–H and O–H groups in total. The second kappa shape index (κ2) is 22.2. The van der Waals surface area contributed by atoms with Crippen LogP contribution in [0.4, 0.5) is 0 Å². The Kier molecular flexibility index (Phi) is 20.0. The monoisotopic (exact) mass is 674 g/mol. The van der Waals surface area contributed by atoms with Gasteiger partial charge < -0.3 is 75.8 Å². The van der Waals surface area contributed by atoms with Gasteiger partial charge in [0.2, 0.25) is 0 Å². The Hall–Kier alpha value is -0.640. The highest BCUT2D eigenvalue weighted by Crippen LogP contribution is 2.35. The highest BCUT2D eigenvalue weighted by Gasteiger charge is 2.54. The SMILES string of the molecule is COC[C@H]1O[C@H](O[C@@H]2[C@@H](O[C@H](COC)[C@@H](OC)[C@H](OC)[C@@H](COC)OC)O[C@H](COC)[C@@H](OC)[C@@H]2OC)[C@@H](OC)[C@@H](OC)[C@@H]1OC. The lowest BCUT2D eigenvalue weighted by Gasteiger charge is -2.50. The highest BCUT2D eigenvalue weighted by molar-refractivity contribution is 4.97. The van der Waals surface area contributed by atoms with E-state index in [0.29, 0.717) is 0 Å². The maximum atomic E-state index is 6.71. The number of methoxy groups -OCH3 is 12. The molecule has 0 aromatic rings. The third-order valence-electron chi connectivity index (χ3n) is 8.37. The van der Waals surface area contributed by atoms with Crippen molar-refractivity contribution in [2.45, 2.75) is 85.8 Å². The van der Waals surface area contributed by atoms with Gasteiger partial charge in [-0.1, -0.05) is 0 Å². The molecule has 46 heavy (non-hydrogen) atoms. The zero-order valence-electron chi connectivity index (χ0n) is 29.4. The average Bonchev–Trinajstić information content (AvgIpc) is 3.06. The van der Waals surface area contributed by atoms with Gasteiger partial charge in [-0.15, -0.1) is 0 Å². The van der Waals surface area contributed by atoms with Crippen LogP contribution in [0, 0.1) is 0 Å². The zero-order valence-corrected chi connectivity index (χ0v) is 29.4. The first-order chi connectivity index (χ1) is 22.3. The minimum absolute atomic E-state index is 0.104. The highest BCUT2D eigenvalue weighted by atomic mass is 16.8. The number of ether oxygens (including phenoxy) is 16. The first-order valence-electron chi connectivity index (χ1n) is 15.1. The average molecular weight is 675 g/mol. The Morgan fingerprint density at radius 2 is 0.870 bits per heavy atom. The zero-order chi connectivity index (χ0) is 34.2. The van der Waals surface area contributed by atoms with Crippen LogP contribution in [0.1, 0.15) is 0 Å². The van der Waals surface area contributed by atoms with Gasteiger partial charge in [-0.25, -0.2) is 0 Å². The summed E-state index contributed by atoms with van der Waals surface area (Å²) in [7, 11) is 18.8. The maximum absolute atomic E-state index is 6.71. The van der Waals surface area contributed by atoms with Gasteiger partial charge >= 0.3 is 0 Å². The smallest absolute Gasteiger partial charge is 0.187 e. The van der Waals surface area contributed by atoms with Gasteiger partial charge in [0.25, 0.3) is 0 Å². The van der Waals surface area contributed by atoms with Crippen molar-refractivity contribution in [3.8, 4) is 0 Å². The van der Waals surface area contributed by atoms with E-state index < -0.39 is 85.8 Å². The molecule has 16 heteroatoms. The molecule has 0 aliphatic carbocycles. The van der Waals surface area contributed by atoms with Crippen molar-refractivity contribution in [2.75, 3.05) is 112 Å². The van der Waals surface area contributed by atoms with Gasteiger partial charge in [-0.05, 0) is 0 Å². The molecule has 2 aliphatic rings. The molecule has 0 radical (unpaired) electrons. The normalized spacial score (nSPS) is 34.7. The van der Waals surface area contributed by atoms with Crippen molar-refractivity contribution in [3.05, 3.63) is 0 Å². The molecule has 274 valence electrons. The summed E-state index contributed by atoms with van der Waals surface area (Å²) < 4.78 is 94.9. The van der Waals surface area contributed by atoms with Crippen molar-refractivity contribution in [2.24, 2.45) is 0 Å². The van der Waals surface area contributed by atoms with E-state index in [1.54, 1.807) is 85.3 Å². The Labute approximate surface area is 273 Å². The van der Waals surface area contributed by atoms with Gasteiger partial charge in [0.05, 0.1) is 26.4 Å². The molecule has 0 aromatic heterocycles. The molecule has 2 aliphatic heterocycles. The van der Waals surface area contributed by atoms with Crippen LogP contribution in [0.2, 0.25) is 0 Å². The fourth-order valence-corrected chi connectivity index (χ4v) is 6.23. The molecule has 0 saturated carbocycles. The van der Waals surface area contributed by atoms with Gasteiger partial charge in [0.15, 0.2) is 12.6 Å². The molecular weight excluding hydrogens is 616 g/mol. The molecular formula is C30H58O16. The van der Waals surface area contributed by atoms with Crippen molar-refractivity contribution in [1.82, 2.24) is 0 Å². The fourth-order valence-electron chi connectivity index (χ4n) is 6.23. The van der Waals surface area contributed by atoms with Crippen LogP contribution in [0.5, 0.6) is 0 Å². The minimum Gasteiger partial charge on any atom is -0.382 e. The Balaban J connectivity index is 2.56. The molecule has 2 heterocycles. The van der Waals surface area contributed by atoms with Crippen molar-refractivity contribution in [3.63, 3.8) is 0 Å². The first-order valence-corrected chi connectivity index (χ1v) is 15.1. The van der Waals surface area contributed by atoms with Gasteiger partial charge in [-0.3, -0.25) is 0 Å². The molecule has 16 nitrogen and oxygen atoms in total. The Morgan fingerprint density at radius 1 is 0.435 bits per heavy atom. The summed E-state index contributed by atoms with van der Waals surface area (Å²) in [6.07, 6.45) is -9.76. The summed E-state index contributed by atoms with van der Waals surface area (Å²) in [5.41, 5.74) is 0. The quantitative estimate of drug-likeness (QED) is 0.142. The Morgan fingerprint density at radius 3 is 1.28 bits per heavy atom. The summed E-state index contributed by atoms with van der Waals surface area (Å²) in [5, 5.41) is 0. The van der Waals surface area contributed by atoms with Crippen LogP contribution in [0.25, 0.3) is 0 Å². The van der Waals surface area contributed by atoms with E-state index in [1.807, 2.05) is 0 Å². The molecule has 0 amide bonds. The molecule has 2 saturated heterocycles. The van der Waals surface area contributed by atoms with Crippen LogP contribution < -0.4 is 0 Å². The minimum atomic E-state index is -1.07. The summed E-state index contributed by atoms with van der Waals surface area (Å²) in [6.45, 7) is 0.755. The standard InChI is InChI=1S/C30H58O16/c1-31-13-17(35-5)21(36-6)22(37-7)18(14-32-2)44-30-28(26(41-11)24(39-9)20(45-30)16-34-4)46-29-27(42-12)25(40-10)23(38-8)19(43-29)15-33-3/h17-30H,13-16H2,1-12H3/t17-,18-,19-,20-,21-,22-,23-,24-,25+,26+,27+,28+,29-,30+/m1/s1. The molecule has 0 bridgehead atoms. The third kappa shape index (κ3) is 10.2. The number of hydrogen-bond donors (Lipinski definition) is 0. The summed E-state index contributed by atoms with van der Waals surface area (Å²) in [4.78, 5) is 0. The predicted octanol–water partition coefficient (Wildman–Crippen LogP) is -0.0878. The molecule has 2 rings (SSSR count). The molecule has 0 aromatic carbocycles. The molecule has 14 atom stereocenters. The topological polar surface area (TPSA) is 148 Å². The van der Waals surface area contributed by atoms with Crippen molar-refractivity contribution >= 4 is 0 Å². The van der Waals surface area contributed by atoms with Gasteiger partial charge in [-0.2, -0.15) is 0 Å². The van der Waals surface area contributed by atoms with Crippen molar-refractivity contribution in [1.29, 1.82) is 0 Å². The van der Waals surface area contributed by atoms with Crippen LogP contribution in [-0.4, -0.2) is 198 Å². The molecule has 0 unspecified atom stereocenters. The van der Waals surface area contributed by atoms with Crippen molar-refractivity contribution < 1.29 is 75.8 Å². The van der Waals surface area contributed by atoms with Gasteiger partial charge in [0, 0.05) is 85.3 Å².